The van der Waals surface area contributed by atoms with Gasteiger partial charge in [0.05, 0.1) is 39.1 Å². The molecule has 3 N–H and O–H groups in total. The van der Waals surface area contributed by atoms with Gasteiger partial charge in [-0.2, -0.15) is 10.2 Å². The van der Waals surface area contributed by atoms with E-state index in [4.69, 9.17) is 5.26 Å². The fraction of sp³-hybridized carbons (Fsp3) is 0.250. The lowest BCUT2D eigenvalue weighted by Crippen LogP contribution is -2.29. The lowest BCUT2D eigenvalue weighted by Gasteiger charge is -2.16. The van der Waals surface area contributed by atoms with E-state index in [1.165, 1.54) is 11.8 Å². The summed E-state index contributed by atoms with van der Waals surface area (Å²) in [5.74, 6) is 0.232. The van der Waals surface area contributed by atoms with Crippen molar-refractivity contribution >= 4 is 44.8 Å². The Morgan fingerprint density at radius 2 is 1.79 bits per heavy atom. The van der Waals surface area contributed by atoms with Crippen LogP contribution in [0.25, 0.3) is 0 Å². The van der Waals surface area contributed by atoms with Crippen molar-refractivity contribution in [3.8, 4) is 11.8 Å². The largest absolute Gasteiger partial charge is 0.573 e. The molecule has 2 heterocycles. The van der Waals surface area contributed by atoms with Crippen molar-refractivity contribution in [3.05, 3.63) is 65.9 Å². The molecule has 0 radical (unpaired) electrons. The number of nitriles is 1. The summed E-state index contributed by atoms with van der Waals surface area (Å²) in [7, 11) is -3.98. The smallest absolute Gasteiger partial charge is 0.406 e. The highest BCUT2D eigenvalue weighted by Gasteiger charge is 2.31. The van der Waals surface area contributed by atoms with Crippen LogP contribution in [0.2, 0.25) is 0 Å². The maximum absolute atomic E-state index is 12.5. The summed E-state index contributed by atoms with van der Waals surface area (Å²) in [6.07, 6.45) is -4.87. The van der Waals surface area contributed by atoms with Gasteiger partial charge >= 0.3 is 6.36 Å². The van der Waals surface area contributed by atoms with E-state index in [1.807, 2.05) is 6.92 Å². The van der Waals surface area contributed by atoms with E-state index < -0.39 is 22.1 Å². The molecule has 15 heteroatoms. The van der Waals surface area contributed by atoms with Crippen LogP contribution in [-0.4, -0.2) is 49.4 Å². The Kier molecular flexibility index (Phi) is 8.58. The van der Waals surface area contributed by atoms with Crippen molar-refractivity contribution in [2.75, 3.05) is 23.7 Å². The quantitative estimate of drug-likeness (QED) is 0.295. The Morgan fingerprint density at radius 3 is 2.41 bits per heavy atom. The molecule has 204 valence electrons. The number of nitrogens with one attached hydrogen (secondary N) is 3. The third-order valence-corrected chi connectivity index (χ3v) is 7.98. The molecule has 1 aliphatic heterocycles. The van der Waals surface area contributed by atoms with Gasteiger partial charge in [-0.25, -0.2) is 18.1 Å². The van der Waals surface area contributed by atoms with Crippen LogP contribution in [0.1, 0.15) is 23.4 Å². The number of halogens is 3. The van der Waals surface area contributed by atoms with Gasteiger partial charge in [0.15, 0.2) is 0 Å². The molecule has 2 aromatic carbocycles. The number of hydrogen-bond donors (Lipinski definition) is 3. The number of benzene rings is 2. The number of aliphatic imine (C=N–C) groups is 1. The molecular formula is C24H22F3N7O3S2. The average molecular weight is 578 g/mol. The molecule has 1 aromatic heterocycles. The minimum atomic E-state index is -4.87. The van der Waals surface area contributed by atoms with Crippen LogP contribution in [-0.2, 0) is 10.0 Å². The first-order valence-corrected chi connectivity index (χ1v) is 13.9. The van der Waals surface area contributed by atoms with Gasteiger partial charge < -0.3 is 15.4 Å². The molecular weight excluding hydrogens is 555 g/mol. The van der Waals surface area contributed by atoms with Gasteiger partial charge in [-0.1, -0.05) is 0 Å². The van der Waals surface area contributed by atoms with Gasteiger partial charge in [0.25, 0.3) is 0 Å². The predicted molar refractivity (Wildman–Crippen MR) is 142 cm³/mol. The highest BCUT2D eigenvalue weighted by Crippen LogP contribution is 2.37. The summed E-state index contributed by atoms with van der Waals surface area (Å²) >= 11 is 1.53. The standard InChI is InChI=1S/C24H22F3N7O3S2/c1-15-22(38-14-30-15)20-12-21(32-17-4-2-16(13-28)3-5-17)34-23(33-20)29-10-11-31-39(35,36)19-8-6-18(7-9-19)37-24(25,26)27/h2-9,12,14-15,22,31H,10-11H2,1H3,(H2,29,32,33,34). The first kappa shape index (κ1) is 28.1. The molecule has 10 nitrogen and oxygen atoms in total. The second-order valence-corrected chi connectivity index (χ2v) is 11.0. The summed E-state index contributed by atoms with van der Waals surface area (Å²) < 4.78 is 68.2. The fourth-order valence-corrected chi connectivity index (χ4v) is 5.48. The van der Waals surface area contributed by atoms with Crippen LogP contribution in [0, 0.1) is 11.3 Å². The van der Waals surface area contributed by atoms with Crippen LogP contribution >= 0.6 is 11.8 Å². The van der Waals surface area contributed by atoms with Crippen molar-refractivity contribution in [1.29, 1.82) is 5.26 Å². The second-order valence-electron chi connectivity index (χ2n) is 8.21. The van der Waals surface area contributed by atoms with E-state index in [0.29, 0.717) is 17.1 Å². The van der Waals surface area contributed by atoms with Crippen molar-refractivity contribution in [2.24, 2.45) is 4.99 Å². The van der Waals surface area contributed by atoms with Gasteiger partial charge in [-0.15, -0.1) is 24.9 Å². The van der Waals surface area contributed by atoms with E-state index in [1.54, 1.807) is 35.9 Å². The normalized spacial score (nSPS) is 17.0. The number of ether oxygens (including phenoxy) is 1. The molecule has 0 spiro atoms. The van der Waals surface area contributed by atoms with Gasteiger partial charge in [0.1, 0.15) is 11.6 Å². The molecule has 0 bridgehead atoms. The lowest BCUT2D eigenvalue weighted by atomic mass is 10.1. The van der Waals surface area contributed by atoms with Crippen LogP contribution in [0.5, 0.6) is 5.75 Å². The molecule has 0 aliphatic carbocycles. The summed E-state index contributed by atoms with van der Waals surface area (Å²) in [4.78, 5) is 13.2. The number of hydrogen-bond acceptors (Lipinski definition) is 10. The van der Waals surface area contributed by atoms with Crippen molar-refractivity contribution in [1.82, 2.24) is 14.7 Å². The SMILES string of the molecule is CC1N=CSC1c1cc(Nc2ccc(C#N)cc2)nc(NCCNS(=O)(=O)c2ccc(OC(F)(F)F)cc2)n1. The molecule has 4 rings (SSSR count). The van der Waals surface area contributed by atoms with Crippen molar-refractivity contribution in [2.45, 2.75) is 29.5 Å². The monoisotopic (exact) mass is 577 g/mol. The summed E-state index contributed by atoms with van der Waals surface area (Å²) in [5, 5.41) is 15.2. The zero-order valence-electron chi connectivity index (χ0n) is 20.3. The topological polar surface area (TPSA) is 141 Å². The maximum atomic E-state index is 12.5. The Hall–Kier alpha value is -3.87. The van der Waals surface area contributed by atoms with Crippen molar-refractivity contribution < 1.29 is 26.3 Å². The third-order valence-electron chi connectivity index (χ3n) is 5.33. The number of anilines is 3. The number of sulfonamides is 1. The van der Waals surface area contributed by atoms with E-state index in [9.17, 15) is 21.6 Å². The Morgan fingerprint density at radius 1 is 1.08 bits per heavy atom. The van der Waals surface area contributed by atoms with Gasteiger partial charge in [-0.3, -0.25) is 4.99 Å². The molecule has 1 aliphatic rings. The minimum absolute atomic E-state index is 0.000224. The first-order chi connectivity index (χ1) is 18.5. The predicted octanol–water partition coefficient (Wildman–Crippen LogP) is 4.59. The number of aromatic nitrogens is 2. The molecule has 2 atom stereocenters. The lowest BCUT2D eigenvalue weighted by molar-refractivity contribution is -0.274. The average Bonchev–Trinajstić information content (AvgIpc) is 3.32. The van der Waals surface area contributed by atoms with Crippen molar-refractivity contribution in [3.63, 3.8) is 0 Å². The van der Waals surface area contributed by atoms with Crippen LogP contribution < -0.4 is 20.1 Å². The van der Waals surface area contributed by atoms with Gasteiger partial charge in [0, 0.05) is 24.8 Å². The fourth-order valence-electron chi connectivity index (χ4n) is 3.50. The number of rotatable bonds is 10. The minimum Gasteiger partial charge on any atom is -0.406 e. The van der Waals surface area contributed by atoms with E-state index in [-0.39, 0.29) is 35.2 Å². The Labute approximate surface area is 226 Å². The summed E-state index contributed by atoms with van der Waals surface area (Å²) in [5.41, 5.74) is 3.73. The van der Waals surface area contributed by atoms with E-state index in [0.717, 1.165) is 30.0 Å². The molecule has 2 unspecified atom stereocenters. The third kappa shape index (κ3) is 7.82. The van der Waals surface area contributed by atoms with Crippen LogP contribution in [0.3, 0.4) is 0 Å². The van der Waals surface area contributed by atoms with Gasteiger partial charge in [0.2, 0.25) is 16.0 Å². The zero-order valence-corrected chi connectivity index (χ0v) is 21.9. The van der Waals surface area contributed by atoms with Crippen LogP contribution in [0.4, 0.5) is 30.6 Å². The molecule has 0 fully saturated rings. The van der Waals surface area contributed by atoms with Crippen LogP contribution in [0.15, 0.2) is 64.5 Å². The molecule has 3 aromatic rings. The molecule has 0 amide bonds. The first-order valence-electron chi connectivity index (χ1n) is 11.4. The number of thioether (sulfide) groups is 1. The molecule has 0 saturated carbocycles. The van der Waals surface area contributed by atoms with Gasteiger partial charge in [-0.05, 0) is 55.5 Å². The van der Waals surface area contributed by atoms with E-state index >= 15 is 0 Å². The number of alkyl halides is 3. The maximum Gasteiger partial charge on any atom is 0.573 e. The van der Waals surface area contributed by atoms with E-state index in [2.05, 4.69) is 41.1 Å². The highest BCUT2D eigenvalue weighted by atomic mass is 32.2. The highest BCUT2D eigenvalue weighted by molar-refractivity contribution is 8.12. The molecule has 39 heavy (non-hydrogen) atoms. The Bertz CT molecular complexity index is 1480. The summed E-state index contributed by atoms with van der Waals surface area (Å²) in [6, 6.07) is 14.6. The Balaban J connectivity index is 1.41. The zero-order chi connectivity index (χ0) is 28.0. The summed E-state index contributed by atoms with van der Waals surface area (Å²) in [6.45, 7) is 2.05. The number of nitrogens with zero attached hydrogens (tertiary/aromatic N) is 4. The molecule has 0 saturated heterocycles. The second kappa shape index (κ2) is 11.9.